The van der Waals surface area contributed by atoms with E-state index in [1.807, 2.05) is 31.2 Å². The average Bonchev–Trinajstić information content (AvgIpc) is 2.58. The van der Waals surface area contributed by atoms with Crippen LogP contribution in [0.1, 0.15) is 16.7 Å². The summed E-state index contributed by atoms with van der Waals surface area (Å²) in [4.78, 5) is 8.30. The maximum atomic E-state index is 9.06. The standard InChI is InChI=1S/C18H17N3O2/c1-13-4-5-14(10-19)17(8-13)21-12-20-11-15-6-7-16(22-2)9-18(15)23-3/h4-9H,11H2,1-3H3. The molecule has 0 unspecified atom stereocenters. The predicted molar refractivity (Wildman–Crippen MR) is 88.7 cm³/mol. The quantitative estimate of drug-likeness (QED) is 0.787. The van der Waals surface area contributed by atoms with Crippen LogP contribution < -0.4 is 9.47 Å². The zero-order chi connectivity index (χ0) is 16.7. The molecule has 0 atom stereocenters. The fourth-order valence-corrected chi connectivity index (χ4v) is 2.02. The van der Waals surface area contributed by atoms with E-state index in [0.29, 0.717) is 23.5 Å². The Hall–Kier alpha value is -3.09. The van der Waals surface area contributed by atoms with Gasteiger partial charge in [0.2, 0.25) is 0 Å². The number of aryl methyl sites for hydroxylation is 1. The fourth-order valence-electron chi connectivity index (χ4n) is 2.02. The summed E-state index contributed by atoms with van der Waals surface area (Å²) >= 11 is 0. The van der Waals surface area contributed by atoms with Crippen molar-refractivity contribution in [3.8, 4) is 17.6 Å². The van der Waals surface area contributed by atoms with Crippen LogP contribution in [0.3, 0.4) is 0 Å². The van der Waals surface area contributed by atoms with Crippen LogP contribution in [0.2, 0.25) is 0 Å². The minimum atomic E-state index is 0.379. The third-order valence-electron chi connectivity index (χ3n) is 3.26. The highest BCUT2D eigenvalue weighted by molar-refractivity contribution is 5.61. The van der Waals surface area contributed by atoms with E-state index in [-0.39, 0.29) is 0 Å². The van der Waals surface area contributed by atoms with E-state index >= 15 is 0 Å². The van der Waals surface area contributed by atoms with Crippen molar-refractivity contribution in [2.24, 2.45) is 9.98 Å². The Balaban J connectivity index is 2.19. The molecule has 0 aliphatic heterocycles. The van der Waals surface area contributed by atoms with E-state index in [1.54, 1.807) is 26.4 Å². The van der Waals surface area contributed by atoms with Crippen LogP contribution in [0, 0.1) is 18.3 Å². The van der Waals surface area contributed by atoms with Crippen molar-refractivity contribution in [3.05, 3.63) is 53.1 Å². The van der Waals surface area contributed by atoms with E-state index in [1.165, 1.54) is 0 Å². The van der Waals surface area contributed by atoms with Crippen molar-refractivity contribution in [2.45, 2.75) is 13.5 Å². The first-order chi connectivity index (χ1) is 11.2. The van der Waals surface area contributed by atoms with Crippen molar-refractivity contribution >= 4 is 11.7 Å². The molecule has 0 spiro atoms. The van der Waals surface area contributed by atoms with Gasteiger partial charge in [-0.3, -0.25) is 0 Å². The van der Waals surface area contributed by atoms with Crippen molar-refractivity contribution in [2.75, 3.05) is 14.2 Å². The summed E-state index contributed by atoms with van der Waals surface area (Å²) in [6, 6.07) is 15.7. The smallest absolute Gasteiger partial charge is 0.127 e. The van der Waals surface area contributed by atoms with Crippen LogP contribution in [0.5, 0.6) is 11.5 Å². The summed E-state index contributed by atoms with van der Waals surface area (Å²) < 4.78 is 10.5. The zero-order valence-electron chi connectivity index (χ0n) is 13.3. The van der Waals surface area contributed by atoms with Crippen molar-refractivity contribution < 1.29 is 9.47 Å². The monoisotopic (exact) mass is 307 g/mol. The van der Waals surface area contributed by atoms with Crippen LogP contribution in [-0.4, -0.2) is 20.2 Å². The van der Waals surface area contributed by atoms with Gasteiger partial charge in [-0.2, -0.15) is 10.3 Å². The topological polar surface area (TPSA) is 67.0 Å². The molecular formula is C18H17N3O2. The summed E-state index contributed by atoms with van der Waals surface area (Å²) in [5, 5.41) is 9.06. The number of nitriles is 1. The molecule has 2 aromatic rings. The van der Waals surface area contributed by atoms with Gasteiger partial charge >= 0.3 is 0 Å². The summed E-state index contributed by atoms with van der Waals surface area (Å²) in [6.07, 6.45) is 0. The number of methoxy groups -OCH3 is 2. The lowest BCUT2D eigenvalue weighted by molar-refractivity contribution is 0.391. The Morgan fingerprint density at radius 3 is 2.61 bits per heavy atom. The highest BCUT2D eigenvalue weighted by Gasteiger charge is 2.04. The van der Waals surface area contributed by atoms with Crippen LogP contribution in [0.25, 0.3) is 0 Å². The lowest BCUT2D eigenvalue weighted by Crippen LogP contribution is -1.92. The predicted octanol–water partition coefficient (Wildman–Crippen LogP) is 3.89. The van der Waals surface area contributed by atoms with Gasteiger partial charge < -0.3 is 9.47 Å². The third-order valence-corrected chi connectivity index (χ3v) is 3.26. The first-order valence-electron chi connectivity index (χ1n) is 7.02. The molecule has 0 aromatic heterocycles. The molecule has 0 N–H and O–H groups in total. The van der Waals surface area contributed by atoms with E-state index in [0.717, 1.165) is 16.9 Å². The molecule has 0 saturated carbocycles. The largest absolute Gasteiger partial charge is 0.497 e. The molecule has 5 heteroatoms. The molecular weight excluding hydrogens is 290 g/mol. The first-order valence-corrected chi connectivity index (χ1v) is 7.02. The normalized spacial score (nSPS) is 9.48. The molecule has 0 amide bonds. The number of ether oxygens (including phenoxy) is 2. The second-order valence-corrected chi connectivity index (χ2v) is 4.84. The van der Waals surface area contributed by atoms with Gasteiger partial charge in [0, 0.05) is 11.6 Å². The number of hydrogen-bond donors (Lipinski definition) is 0. The molecule has 0 fully saturated rings. The highest BCUT2D eigenvalue weighted by Crippen LogP contribution is 2.25. The summed E-state index contributed by atoms with van der Waals surface area (Å²) in [6.45, 7) is 2.32. The van der Waals surface area contributed by atoms with Crippen LogP contribution in [0.4, 0.5) is 5.69 Å². The molecule has 0 aliphatic rings. The van der Waals surface area contributed by atoms with Gasteiger partial charge in [0.05, 0.1) is 38.0 Å². The zero-order valence-corrected chi connectivity index (χ0v) is 13.3. The molecule has 2 aromatic carbocycles. The average molecular weight is 307 g/mol. The Morgan fingerprint density at radius 1 is 1.09 bits per heavy atom. The SMILES string of the molecule is COc1ccc(CN=C=Nc2cc(C)ccc2C#N)c(OC)c1. The Labute approximate surface area is 135 Å². The Kier molecular flexibility index (Phi) is 5.51. The maximum Gasteiger partial charge on any atom is 0.127 e. The van der Waals surface area contributed by atoms with Gasteiger partial charge in [0.25, 0.3) is 0 Å². The van der Waals surface area contributed by atoms with E-state index < -0.39 is 0 Å². The molecule has 23 heavy (non-hydrogen) atoms. The minimum Gasteiger partial charge on any atom is -0.497 e. The third kappa shape index (κ3) is 4.19. The summed E-state index contributed by atoms with van der Waals surface area (Å²) in [7, 11) is 3.20. The molecule has 5 nitrogen and oxygen atoms in total. The highest BCUT2D eigenvalue weighted by atomic mass is 16.5. The minimum absolute atomic E-state index is 0.379. The number of nitrogens with zero attached hydrogens (tertiary/aromatic N) is 3. The Morgan fingerprint density at radius 2 is 1.91 bits per heavy atom. The first kappa shape index (κ1) is 16.3. The second-order valence-electron chi connectivity index (χ2n) is 4.84. The van der Waals surface area contributed by atoms with Crippen LogP contribution >= 0.6 is 0 Å². The molecule has 116 valence electrons. The molecule has 0 heterocycles. The van der Waals surface area contributed by atoms with Crippen LogP contribution in [0.15, 0.2) is 46.4 Å². The van der Waals surface area contributed by atoms with Crippen molar-refractivity contribution in [3.63, 3.8) is 0 Å². The fraction of sp³-hybridized carbons (Fsp3) is 0.222. The van der Waals surface area contributed by atoms with Crippen molar-refractivity contribution in [1.82, 2.24) is 0 Å². The molecule has 0 radical (unpaired) electrons. The Bertz CT molecular complexity index is 800. The lowest BCUT2D eigenvalue weighted by Gasteiger charge is -2.07. The number of hydrogen-bond acceptors (Lipinski definition) is 5. The van der Waals surface area contributed by atoms with E-state index in [2.05, 4.69) is 22.1 Å². The molecule has 0 aliphatic carbocycles. The number of rotatable bonds is 5. The summed E-state index contributed by atoms with van der Waals surface area (Å²) in [5.41, 5.74) is 3.00. The molecule has 0 saturated heterocycles. The summed E-state index contributed by atoms with van der Waals surface area (Å²) in [5.74, 6) is 1.42. The van der Waals surface area contributed by atoms with Gasteiger partial charge in [0.15, 0.2) is 0 Å². The van der Waals surface area contributed by atoms with E-state index in [9.17, 15) is 0 Å². The second kappa shape index (κ2) is 7.79. The van der Waals surface area contributed by atoms with Gasteiger partial charge in [-0.1, -0.05) is 6.07 Å². The van der Waals surface area contributed by atoms with Gasteiger partial charge in [-0.05, 0) is 36.8 Å². The molecule has 0 bridgehead atoms. The van der Waals surface area contributed by atoms with Gasteiger partial charge in [0.1, 0.15) is 17.6 Å². The number of benzene rings is 2. The van der Waals surface area contributed by atoms with E-state index in [4.69, 9.17) is 14.7 Å². The molecule has 2 rings (SSSR count). The van der Waals surface area contributed by atoms with Crippen molar-refractivity contribution in [1.29, 1.82) is 5.26 Å². The number of aliphatic imine (C=N–C) groups is 2. The van der Waals surface area contributed by atoms with Crippen LogP contribution in [-0.2, 0) is 6.54 Å². The van der Waals surface area contributed by atoms with Gasteiger partial charge in [-0.25, -0.2) is 4.99 Å². The maximum absolute atomic E-state index is 9.06. The van der Waals surface area contributed by atoms with Gasteiger partial charge in [-0.15, -0.1) is 0 Å². The lowest BCUT2D eigenvalue weighted by atomic mass is 10.1.